The van der Waals surface area contributed by atoms with Gasteiger partial charge >= 0.3 is 0 Å². The van der Waals surface area contributed by atoms with Crippen LogP contribution in [0.1, 0.15) is 27.2 Å². The molecule has 0 aliphatic carbocycles. The summed E-state index contributed by atoms with van der Waals surface area (Å²) >= 11 is 0. The molecule has 1 N–H and O–H groups in total. The van der Waals surface area contributed by atoms with Crippen molar-refractivity contribution in [3.05, 3.63) is 93.6 Å². The molecule has 0 unspecified atom stereocenters. The van der Waals surface area contributed by atoms with Gasteiger partial charge in [-0.05, 0) is 44.5 Å². The third-order valence-corrected chi connectivity index (χ3v) is 5.54. The fourth-order valence-corrected chi connectivity index (χ4v) is 3.89. The summed E-state index contributed by atoms with van der Waals surface area (Å²) in [7, 11) is 0. The van der Waals surface area contributed by atoms with Crippen molar-refractivity contribution in [2.45, 2.75) is 20.8 Å². The average molecular weight is 468 g/mol. The molecule has 0 spiro atoms. The number of nitro groups is 1. The van der Waals surface area contributed by atoms with Gasteiger partial charge in [-0.15, -0.1) is 0 Å². The number of rotatable bonds is 5. The third-order valence-electron chi connectivity index (χ3n) is 5.54. The first kappa shape index (κ1) is 21.9. The van der Waals surface area contributed by atoms with Gasteiger partial charge < -0.3 is 5.32 Å². The number of carbonyl (C=O) groups is 1. The van der Waals surface area contributed by atoms with Crippen LogP contribution in [-0.2, 0) is 0 Å². The minimum Gasteiger partial charge on any atom is -0.306 e. The van der Waals surface area contributed by atoms with E-state index in [1.807, 2.05) is 26.0 Å². The molecule has 0 aliphatic heterocycles. The van der Waals surface area contributed by atoms with Crippen molar-refractivity contribution in [2.75, 3.05) is 5.32 Å². The molecule has 35 heavy (non-hydrogen) atoms. The number of fused-ring (bicyclic) bond motifs is 1. The Hall–Kier alpha value is -4.93. The molecule has 5 aromatic rings. The molecule has 0 aliphatic rings. The Balaban J connectivity index is 1.53. The SMILES string of the molecule is Cc1ccc(-n2ncc3c(-n4nc(C)cc4NC(=O)c4ccc([N+](=O)[O-])cc4)ncnc32)c(C)c1. The van der Waals surface area contributed by atoms with E-state index in [1.165, 1.54) is 35.3 Å². The molecule has 174 valence electrons. The van der Waals surface area contributed by atoms with Crippen LogP contribution in [0.5, 0.6) is 0 Å². The highest BCUT2D eigenvalue weighted by Crippen LogP contribution is 2.26. The summed E-state index contributed by atoms with van der Waals surface area (Å²) in [5.41, 5.74) is 4.56. The maximum absolute atomic E-state index is 12.8. The Labute approximate surface area is 199 Å². The Morgan fingerprint density at radius 1 is 1.00 bits per heavy atom. The first-order valence-electron chi connectivity index (χ1n) is 10.7. The number of benzene rings is 2. The van der Waals surface area contributed by atoms with Gasteiger partial charge in [0.2, 0.25) is 0 Å². The lowest BCUT2D eigenvalue weighted by Gasteiger charge is -2.10. The van der Waals surface area contributed by atoms with Crippen molar-refractivity contribution in [1.29, 1.82) is 0 Å². The first-order valence-corrected chi connectivity index (χ1v) is 10.7. The van der Waals surface area contributed by atoms with Crippen LogP contribution in [0, 0.1) is 30.9 Å². The number of aromatic nitrogens is 6. The number of non-ortho nitro benzene ring substituents is 1. The Morgan fingerprint density at radius 2 is 1.77 bits per heavy atom. The van der Waals surface area contributed by atoms with Gasteiger partial charge in [0.05, 0.1) is 27.9 Å². The van der Waals surface area contributed by atoms with Gasteiger partial charge in [0.1, 0.15) is 12.1 Å². The second-order valence-corrected chi connectivity index (χ2v) is 8.12. The summed E-state index contributed by atoms with van der Waals surface area (Å²) in [5, 5.41) is 23.4. The highest BCUT2D eigenvalue weighted by molar-refractivity contribution is 6.04. The molecule has 0 bridgehead atoms. The number of nitro benzene ring substituents is 1. The molecular weight excluding hydrogens is 448 g/mol. The molecular formula is C24H20N8O3. The van der Waals surface area contributed by atoms with E-state index in [0.29, 0.717) is 28.4 Å². The van der Waals surface area contributed by atoms with Crippen molar-refractivity contribution in [1.82, 2.24) is 29.5 Å². The Bertz CT molecular complexity index is 1600. The van der Waals surface area contributed by atoms with E-state index in [0.717, 1.165) is 16.8 Å². The van der Waals surface area contributed by atoms with Crippen LogP contribution in [0.15, 0.2) is 61.1 Å². The highest BCUT2D eigenvalue weighted by Gasteiger charge is 2.19. The van der Waals surface area contributed by atoms with Gasteiger partial charge in [0.25, 0.3) is 11.6 Å². The average Bonchev–Trinajstić information content (AvgIpc) is 3.42. The molecule has 0 radical (unpaired) electrons. The van der Waals surface area contributed by atoms with Gasteiger partial charge in [0, 0.05) is 23.8 Å². The largest absolute Gasteiger partial charge is 0.306 e. The first-order chi connectivity index (χ1) is 16.8. The standard InChI is InChI=1S/C24H20N8O3/c1-14-4-9-20(15(2)10-14)30-22-19(12-27-30)23(26-13-25-22)31-21(11-16(3)29-31)28-24(33)17-5-7-18(8-6-17)32(34)35/h4-13H,1-3H3,(H,28,33). The third kappa shape index (κ3) is 3.99. The van der Waals surface area contributed by atoms with E-state index >= 15 is 0 Å². The highest BCUT2D eigenvalue weighted by atomic mass is 16.6. The van der Waals surface area contributed by atoms with Gasteiger partial charge in [0.15, 0.2) is 11.5 Å². The number of hydrogen-bond donors (Lipinski definition) is 1. The van der Waals surface area contributed by atoms with Crippen molar-refractivity contribution in [3.8, 4) is 11.5 Å². The molecule has 1 amide bonds. The number of carbonyl (C=O) groups excluding carboxylic acids is 1. The van der Waals surface area contributed by atoms with Crippen LogP contribution in [0.2, 0.25) is 0 Å². The zero-order chi connectivity index (χ0) is 24.7. The lowest BCUT2D eigenvalue weighted by molar-refractivity contribution is -0.384. The minimum atomic E-state index is -0.515. The summed E-state index contributed by atoms with van der Waals surface area (Å²) in [4.78, 5) is 32.1. The van der Waals surface area contributed by atoms with Gasteiger partial charge in [-0.1, -0.05) is 17.7 Å². The van der Waals surface area contributed by atoms with Gasteiger partial charge in [-0.25, -0.2) is 14.6 Å². The van der Waals surface area contributed by atoms with E-state index in [-0.39, 0.29) is 11.3 Å². The Morgan fingerprint density at radius 3 is 2.49 bits per heavy atom. The van der Waals surface area contributed by atoms with Crippen LogP contribution in [-0.4, -0.2) is 40.4 Å². The molecule has 11 nitrogen and oxygen atoms in total. The number of aryl methyl sites for hydroxylation is 3. The maximum atomic E-state index is 12.8. The molecule has 11 heteroatoms. The van der Waals surface area contributed by atoms with Crippen molar-refractivity contribution < 1.29 is 9.72 Å². The topological polar surface area (TPSA) is 134 Å². The van der Waals surface area contributed by atoms with E-state index in [2.05, 4.69) is 31.5 Å². The Kier molecular flexibility index (Phi) is 5.28. The number of nitrogens with one attached hydrogen (secondary N) is 1. The summed E-state index contributed by atoms with van der Waals surface area (Å²) in [5.74, 6) is 0.417. The second-order valence-electron chi connectivity index (χ2n) is 8.12. The molecule has 0 fully saturated rings. The molecule has 0 saturated heterocycles. The fraction of sp³-hybridized carbons (Fsp3) is 0.125. The van der Waals surface area contributed by atoms with E-state index in [1.54, 1.807) is 23.9 Å². The molecule has 0 saturated carbocycles. The summed E-state index contributed by atoms with van der Waals surface area (Å²) < 4.78 is 3.28. The fourth-order valence-electron chi connectivity index (χ4n) is 3.89. The van der Waals surface area contributed by atoms with E-state index < -0.39 is 10.8 Å². The van der Waals surface area contributed by atoms with Gasteiger partial charge in [-0.3, -0.25) is 14.9 Å². The zero-order valence-electron chi connectivity index (χ0n) is 19.1. The lowest BCUT2D eigenvalue weighted by Crippen LogP contribution is -2.15. The lowest BCUT2D eigenvalue weighted by atomic mass is 10.1. The minimum absolute atomic E-state index is 0.0911. The van der Waals surface area contributed by atoms with Crippen LogP contribution in [0.25, 0.3) is 22.5 Å². The van der Waals surface area contributed by atoms with Crippen molar-refractivity contribution in [2.24, 2.45) is 0 Å². The maximum Gasteiger partial charge on any atom is 0.269 e. The van der Waals surface area contributed by atoms with Crippen molar-refractivity contribution in [3.63, 3.8) is 0 Å². The predicted octanol–water partition coefficient (Wildman–Crippen LogP) is 4.09. The number of amides is 1. The van der Waals surface area contributed by atoms with Crippen LogP contribution in [0.4, 0.5) is 11.5 Å². The molecule has 3 heterocycles. The zero-order valence-corrected chi connectivity index (χ0v) is 19.1. The molecule has 2 aromatic carbocycles. The molecule has 0 atom stereocenters. The van der Waals surface area contributed by atoms with E-state index in [4.69, 9.17) is 0 Å². The molecule has 5 rings (SSSR count). The predicted molar refractivity (Wildman–Crippen MR) is 129 cm³/mol. The van der Waals surface area contributed by atoms with E-state index in [9.17, 15) is 14.9 Å². The summed E-state index contributed by atoms with van der Waals surface area (Å²) in [6, 6.07) is 13.2. The number of anilines is 1. The van der Waals surface area contributed by atoms with Crippen molar-refractivity contribution >= 4 is 28.4 Å². The quantitative estimate of drug-likeness (QED) is 0.303. The summed E-state index contributed by atoms with van der Waals surface area (Å²) in [6.07, 6.45) is 3.10. The second kappa shape index (κ2) is 8.45. The number of hydrogen-bond acceptors (Lipinski definition) is 7. The van der Waals surface area contributed by atoms with Crippen LogP contribution < -0.4 is 5.32 Å². The monoisotopic (exact) mass is 468 g/mol. The molecule has 3 aromatic heterocycles. The van der Waals surface area contributed by atoms with Gasteiger partial charge in [-0.2, -0.15) is 14.9 Å². The summed E-state index contributed by atoms with van der Waals surface area (Å²) in [6.45, 7) is 5.85. The smallest absolute Gasteiger partial charge is 0.269 e. The normalized spacial score (nSPS) is 11.1. The number of nitrogens with zero attached hydrogens (tertiary/aromatic N) is 7. The van der Waals surface area contributed by atoms with Crippen LogP contribution in [0.3, 0.4) is 0 Å². The van der Waals surface area contributed by atoms with Crippen LogP contribution >= 0.6 is 0 Å².